The number of anilines is 1. The van der Waals surface area contributed by atoms with E-state index >= 15 is 0 Å². The topological polar surface area (TPSA) is 68.0 Å². The molecule has 0 saturated heterocycles. The van der Waals surface area contributed by atoms with Crippen LogP contribution in [0.2, 0.25) is 5.15 Å². The van der Waals surface area contributed by atoms with Gasteiger partial charge in [0.2, 0.25) is 5.91 Å². The number of halogens is 1. The van der Waals surface area contributed by atoms with Crippen LogP contribution in [0.25, 0.3) is 0 Å². The van der Waals surface area contributed by atoms with Crippen molar-refractivity contribution in [2.75, 3.05) is 5.32 Å². The van der Waals surface area contributed by atoms with E-state index in [-0.39, 0.29) is 5.91 Å². The van der Waals surface area contributed by atoms with Gasteiger partial charge in [0, 0.05) is 0 Å². The molecule has 0 fully saturated rings. The molecule has 92 valence electrons. The summed E-state index contributed by atoms with van der Waals surface area (Å²) in [5.41, 5.74) is 6.60. The van der Waals surface area contributed by atoms with E-state index in [9.17, 15) is 4.79 Å². The lowest BCUT2D eigenvalue weighted by Gasteiger charge is -2.11. The van der Waals surface area contributed by atoms with Gasteiger partial charge >= 0.3 is 0 Å². The molecule has 0 saturated carbocycles. The van der Waals surface area contributed by atoms with Crippen LogP contribution in [0.1, 0.15) is 11.6 Å². The molecule has 0 aliphatic heterocycles. The number of hydrogen-bond donors (Lipinski definition) is 2. The monoisotopic (exact) mass is 261 g/mol. The van der Waals surface area contributed by atoms with Gasteiger partial charge in [-0.15, -0.1) is 0 Å². The summed E-state index contributed by atoms with van der Waals surface area (Å²) < 4.78 is 0. The van der Waals surface area contributed by atoms with Gasteiger partial charge in [-0.2, -0.15) is 0 Å². The summed E-state index contributed by atoms with van der Waals surface area (Å²) in [4.78, 5) is 15.9. The normalized spacial score (nSPS) is 11.9. The Kier molecular flexibility index (Phi) is 3.92. The third-order valence-corrected chi connectivity index (χ3v) is 2.62. The zero-order valence-electron chi connectivity index (χ0n) is 9.51. The average molecular weight is 262 g/mol. The average Bonchev–Trinajstić information content (AvgIpc) is 2.39. The third-order valence-electron chi connectivity index (χ3n) is 2.41. The molecular formula is C13H12ClN3O. The molecule has 0 aliphatic rings. The van der Waals surface area contributed by atoms with Crippen LogP contribution in [0.15, 0.2) is 48.5 Å². The lowest BCUT2D eigenvalue weighted by atomic mass is 10.1. The Balaban J connectivity index is 2.09. The molecule has 5 heteroatoms. The summed E-state index contributed by atoms with van der Waals surface area (Å²) in [6, 6.07) is 13.4. The quantitative estimate of drug-likeness (QED) is 0.834. The van der Waals surface area contributed by atoms with Gasteiger partial charge in [0.05, 0.1) is 0 Å². The molecule has 3 N–H and O–H groups in total. The van der Waals surface area contributed by atoms with Crippen molar-refractivity contribution >= 4 is 23.3 Å². The van der Waals surface area contributed by atoms with Crippen molar-refractivity contribution in [3.05, 3.63) is 59.2 Å². The Labute approximate surface area is 110 Å². The molecule has 4 nitrogen and oxygen atoms in total. The Bertz CT molecular complexity index is 545. The summed E-state index contributed by atoms with van der Waals surface area (Å²) in [6.07, 6.45) is 0. The van der Waals surface area contributed by atoms with E-state index in [1.807, 2.05) is 18.2 Å². The summed E-state index contributed by atoms with van der Waals surface area (Å²) >= 11 is 5.73. The highest BCUT2D eigenvalue weighted by atomic mass is 35.5. The fraction of sp³-hybridized carbons (Fsp3) is 0.0769. The summed E-state index contributed by atoms with van der Waals surface area (Å²) in [7, 11) is 0. The number of carbonyl (C=O) groups excluding carboxylic acids is 1. The number of hydrogen-bond acceptors (Lipinski definition) is 3. The Morgan fingerprint density at radius 3 is 2.56 bits per heavy atom. The minimum Gasteiger partial charge on any atom is -0.316 e. The second kappa shape index (κ2) is 5.62. The maximum atomic E-state index is 11.9. The molecule has 0 spiro atoms. The minimum absolute atomic E-state index is 0.320. The van der Waals surface area contributed by atoms with Crippen LogP contribution < -0.4 is 11.1 Å². The number of pyridine rings is 1. The highest BCUT2D eigenvalue weighted by Gasteiger charge is 2.15. The van der Waals surface area contributed by atoms with Crippen LogP contribution in [0.4, 0.5) is 5.82 Å². The van der Waals surface area contributed by atoms with Crippen molar-refractivity contribution in [2.45, 2.75) is 6.04 Å². The number of nitrogens with two attached hydrogens (primary N) is 1. The second-order valence-electron chi connectivity index (χ2n) is 3.72. The zero-order valence-corrected chi connectivity index (χ0v) is 10.3. The molecule has 1 aromatic heterocycles. The maximum absolute atomic E-state index is 11.9. The first-order valence-electron chi connectivity index (χ1n) is 5.41. The van der Waals surface area contributed by atoms with Gasteiger partial charge in [-0.1, -0.05) is 48.0 Å². The van der Waals surface area contributed by atoms with Gasteiger partial charge < -0.3 is 11.1 Å². The van der Waals surface area contributed by atoms with Gasteiger partial charge in [-0.3, -0.25) is 4.79 Å². The van der Waals surface area contributed by atoms with Crippen LogP contribution >= 0.6 is 11.6 Å². The zero-order chi connectivity index (χ0) is 13.0. The van der Waals surface area contributed by atoms with Crippen LogP contribution in [-0.4, -0.2) is 10.9 Å². The number of carbonyl (C=O) groups is 1. The molecule has 0 aliphatic carbocycles. The van der Waals surface area contributed by atoms with Crippen LogP contribution in [-0.2, 0) is 4.79 Å². The van der Waals surface area contributed by atoms with E-state index in [0.717, 1.165) is 5.56 Å². The molecular weight excluding hydrogens is 250 g/mol. The minimum atomic E-state index is -0.730. The fourth-order valence-electron chi connectivity index (χ4n) is 1.49. The molecule has 0 unspecified atom stereocenters. The Morgan fingerprint density at radius 2 is 1.89 bits per heavy atom. The molecule has 1 atom stereocenters. The van der Waals surface area contributed by atoms with Crippen LogP contribution in [0.3, 0.4) is 0 Å². The van der Waals surface area contributed by atoms with E-state index in [0.29, 0.717) is 11.0 Å². The van der Waals surface area contributed by atoms with Crippen LogP contribution in [0.5, 0.6) is 0 Å². The predicted octanol–water partition coefficient (Wildman–Crippen LogP) is 2.37. The molecule has 2 aromatic rings. The number of benzene rings is 1. The van der Waals surface area contributed by atoms with Gasteiger partial charge in [0.15, 0.2) is 0 Å². The summed E-state index contributed by atoms with van der Waals surface area (Å²) in [5, 5.41) is 2.94. The van der Waals surface area contributed by atoms with E-state index in [1.165, 1.54) is 0 Å². The summed E-state index contributed by atoms with van der Waals surface area (Å²) in [6.45, 7) is 0. The van der Waals surface area contributed by atoms with E-state index in [2.05, 4.69) is 10.3 Å². The van der Waals surface area contributed by atoms with Gasteiger partial charge in [-0.25, -0.2) is 4.98 Å². The number of aromatic nitrogens is 1. The lowest BCUT2D eigenvalue weighted by Crippen LogP contribution is -2.28. The Morgan fingerprint density at radius 1 is 1.17 bits per heavy atom. The van der Waals surface area contributed by atoms with Gasteiger partial charge in [-0.05, 0) is 17.7 Å². The van der Waals surface area contributed by atoms with E-state index < -0.39 is 6.04 Å². The van der Waals surface area contributed by atoms with Crippen molar-refractivity contribution in [1.29, 1.82) is 0 Å². The van der Waals surface area contributed by atoms with Crippen molar-refractivity contribution < 1.29 is 4.79 Å². The fourth-order valence-corrected chi connectivity index (χ4v) is 1.66. The smallest absolute Gasteiger partial charge is 0.247 e. The Hall–Kier alpha value is -1.91. The SMILES string of the molecule is N[C@H](C(=O)Nc1cccc(Cl)n1)c1ccccc1. The predicted molar refractivity (Wildman–Crippen MR) is 71.2 cm³/mol. The number of rotatable bonds is 3. The highest BCUT2D eigenvalue weighted by Crippen LogP contribution is 2.14. The molecule has 0 bridgehead atoms. The third kappa shape index (κ3) is 3.06. The second-order valence-corrected chi connectivity index (χ2v) is 4.11. The largest absolute Gasteiger partial charge is 0.316 e. The number of amides is 1. The first kappa shape index (κ1) is 12.5. The molecule has 1 heterocycles. The van der Waals surface area contributed by atoms with Crippen molar-refractivity contribution in [3.8, 4) is 0 Å². The van der Waals surface area contributed by atoms with Gasteiger partial charge in [0.1, 0.15) is 17.0 Å². The highest BCUT2D eigenvalue weighted by molar-refractivity contribution is 6.29. The molecule has 1 aromatic carbocycles. The maximum Gasteiger partial charge on any atom is 0.247 e. The van der Waals surface area contributed by atoms with E-state index in [4.69, 9.17) is 17.3 Å². The van der Waals surface area contributed by atoms with E-state index in [1.54, 1.807) is 30.3 Å². The molecule has 0 radical (unpaired) electrons. The van der Waals surface area contributed by atoms with Crippen molar-refractivity contribution in [3.63, 3.8) is 0 Å². The summed E-state index contributed by atoms with van der Waals surface area (Å²) in [5.74, 6) is 0.0647. The van der Waals surface area contributed by atoms with Gasteiger partial charge in [0.25, 0.3) is 0 Å². The first-order chi connectivity index (χ1) is 8.66. The van der Waals surface area contributed by atoms with Crippen molar-refractivity contribution in [1.82, 2.24) is 4.98 Å². The standard InChI is InChI=1S/C13H12ClN3O/c14-10-7-4-8-11(16-10)17-13(18)12(15)9-5-2-1-3-6-9/h1-8,12H,15H2,(H,16,17,18)/t12-/m0/s1. The number of nitrogens with one attached hydrogen (secondary N) is 1. The number of nitrogens with zero attached hydrogens (tertiary/aromatic N) is 1. The lowest BCUT2D eigenvalue weighted by molar-refractivity contribution is -0.117. The first-order valence-corrected chi connectivity index (χ1v) is 5.78. The molecule has 2 rings (SSSR count). The van der Waals surface area contributed by atoms with Crippen LogP contribution in [0, 0.1) is 0 Å². The molecule has 18 heavy (non-hydrogen) atoms. The van der Waals surface area contributed by atoms with Crippen molar-refractivity contribution in [2.24, 2.45) is 5.73 Å². The molecule has 1 amide bonds.